The van der Waals surface area contributed by atoms with Crippen LogP contribution in [0.1, 0.15) is 10.6 Å². The minimum atomic E-state index is -0.808. The van der Waals surface area contributed by atoms with Crippen LogP contribution in [0, 0.1) is 11.6 Å². The molecule has 0 N–H and O–H groups in total. The van der Waals surface area contributed by atoms with E-state index in [0.717, 1.165) is 16.8 Å². The van der Waals surface area contributed by atoms with Crippen LogP contribution in [0.5, 0.6) is 0 Å². The maximum atomic E-state index is 13.8. The molecule has 0 aliphatic rings. The number of aromatic nitrogens is 4. The molecule has 0 saturated heterocycles. The van der Waals surface area contributed by atoms with Gasteiger partial charge < -0.3 is 0 Å². The normalized spacial score (nSPS) is 10.9. The molecule has 100 valence electrons. The molecule has 2 heterocycles. The molecular formula is C12H5ClF2N4O. The van der Waals surface area contributed by atoms with Crippen molar-refractivity contribution in [3.05, 3.63) is 47.0 Å². The lowest BCUT2D eigenvalue weighted by Gasteiger charge is -2.04. The van der Waals surface area contributed by atoms with Crippen LogP contribution in [-0.4, -0.2) is 26.0 Å². The molecule has 0 bridgehead atoms. The zero-order valence-corrected chi connectivity index (χ0v) is 10.5. The Morgan fingerprint density at radius 2 is 2.05 bits per heavy atom. The molecular weight excluding hydrogens is 290 g/mol. The first kappa shape index (κ1) is 12.6. The second-order valence-corrected chi connectivity index (χ2v) is 4.24. The third kappa shape index (κ3) is 1.92. The largest absolute Gasteiger partial charge is 0.294 e. The molecule has 5 nitrogen and oxygen atoms in total. The van der Waals surface area contributed by atoms with E-state index in [-0.39, 0.29) is 22.3 Å². The molecule has 0 fully saturated rings. The van der Waals surface area contributed by atoms with Crippen molar-refractivity contribution in [3.8, 4) is 5.69 Å². The van der Waals surface area contributed by atoms with E-state index in [1.54, 1.807) is 0 Å². The average Bonchev–Trinajstić information content (AvgIpc) is 2.83. The van der Waals surface area contributed by atoms with Crippen LogP contribution >= 0.6 is 11.6 Å². The summed E-state index contributed by atoms with van der Waals surface area (Å²) in [6.07, 6.45) is 1.76. The van der Waals surface area contributed by atoms with E-state index in [1.807, 2.05) is 0 Å². The fraction of sp³-hybridized carbons (Fsp3) is 0. The monoisotopic (exact) mass is 294 g/mol. The van der Waals surface area contributed by atoms with Crippen LogP contribution in [0.25, 0.3) is 16.7 Å². The predicted molar refractivity (Wildman–Crippen MR) is 67.0 cm³/mol. The maximum absolute atomic E-state index is 13.8. The van der Waals surface area contributed by atoms with Crippen molar-refractivity contribution in [2.24, 2.45) is 0 Å². The van der Waals surface area contributed by atoms with E-state index in [0.29, 0.717) is 11.7 Å². The molecule has 3 aromatic rings. The molecule has 0 aliphatic carbocycles. The number of nitrogens with zero attached hydrogens (tertiary/aromatic N) is 4. The topological polar surface area (TPSA) is 60.7 Å². The summed E-state index contributed by atoms with van der Waals surface area (Å²) in [5.74, 6) is -1.66. The number of hydrogen-bond donors (Lipinski definition) is 0. The zero-order chi connectivity index (χ0) is 14.3. The first-order chi connectivity index (χ1) is 9.60. The van der Waals surface area contributed by atoms with Gasteiger partial charge in [0, 0.05) is 6.07 Å². The molecule has 1 aromatic carbocycles. The number of carbonyl (C=O) groups excluding carboxylic acids is 1. The van der Waals surface area contributed by atoms with Gasteiger partial charge in [-0.2, -0.15) is 5.10 Å². The minimum absolute atomic E-state index is 0.00647. The maximum Gasteiger partial charge on any atom is 0.196 e. The highest BCUT2D eigenvalue weighted by atomic mass is 35.5. The lowest BCUT2D eigenvalue weighted by Crippen LogP contribution is -2.03. The summed E-state index contributed by atoms with van der Waals surface area (Å²) in [4.78, 5) is 18.4. The molecule has 0 spiro atoms. The van der Waals surface area contributed by atoms with Crippen molar-refractivity contribution in [1.82, 2.24) is 19.7 Å². The average molecular weight is 295 g/mol. The Hall–Kier alpha value is -2.41. The molecule has 20 heavy (non-hydrogen) atoms. The number of carbonyl (C=O) groups is 1. The third-order valence-electron chi connectivity index (χ3n) is 2.64. The van der Waals surface area contributed by atoms with Crippen LogP contribution in [0.3, 0.4) is 0 Å². The zero-order valence-electron chi connectivity index (χ0n) is 9.72. The smallest absolute Gasteiger partial charge is 0.196 e. The van der Waals surface area contributed by atoms with Crippen molar-refractivity contribution in [3.63, 3.8) is 0 Å². The summed E-state index contributed by atoms with van der Waals surface area (Å²) in [5.41, 5.74) is 0.158. The van der Waals surface area contributed by atoms with Gasteiger partial charge in [0.05, 0.1) is 11.6 Å². The highest BCUT2D eigenvalue weighted by Gasteiger charge is 2.15. The van der Waals surface area contributed by atoms with Gasteiger partial charge in [-0.3, -0.25) is 4.79 Å². The highest BCUT2D eigenvalue weighted by Crippen LogP contribution is 2.23. The van der Waals surface area contributed by atoms with Gasteiger partial charge in [-0.25, -0.2) is 23.4 Å². The number of rotatable bonds is 2. The van der Waals surface area contributed by atoms with Gasteiger partial charge in [0.1, 0.15) is 16.7 Å². The summed E-state index contributed by atoms with van der Waals surface area (Å²) in [7, 11) is 0. The van der Waals surface area contributed by atoms with Gasteiger partial charge in [-0.1, -0.05) is 11.6 Å². The van der Waals surface area contributed by atoms with E-state index in [4.69, 9.17) is 11.6 Å². The Balaban J connectivity index is 2.31. The van der Waals surface area contributed by atoms with Crippen molar-refractivity contribution in [2.45, 2.75) is 0 Å². The van der Waals surface area contributed by atoms with Gasteiger partial charge in [-0.05, 0) is 12.1 Å². The lowest BCUT2D eigenvalue weighted by molar-refractivity contribution is 0.111. The van der Waals surface area contributed by atoms with Crippen molar-refractivity contribution >= 4 is 28.9 Å². The second-order valence-electron chi connectivity index (χ2n) is 3.88. The van der Waals surface area contributed by atoms with Gasteiger partial charge in [0.25, 0.3) is 0 Å². The van der Waals surface area contributed by atoms with Crippen LogP contribution < -0.4 is 0 Å². The molecule has 0 amide bonds. The second kappa shape index (κ2) is 4.61. The van der Waals surface area contributed by atoms with E-state index in [1.165, 1.54) is 12.3 Å². The highest BCUT2D eigenvalue weighted by molar-refractivity contribution is 6.34. The molecule has 0 aliphatic heterocycles. The van der Waals surface area contributed by atoms with E-state index in [9.17, 15) is 13.6 Å². The van der Waals surface area contributed by atoms with Crippen molar-refractivity contribution in [1.29, 1.82) is 0 Å². The SMILES string of the molecule is O=Cc1nc(Cl)c2cnn(-c3ccc(F)cc3F)c2n1. The number of aldehydes is 1. The fourth-order valence-corrected chi connectivity index (χ4v) is 1.99. The number of benzene rings is 1. The van der Waals surface area contributed by atoms with Crippen LogP contribution in [0.2, 0.25) is 5.15 Å². The predicted octanol–water partition coefficient (Wildman–Crippen LogP) is 2.56. The Morgan fingerprint density at radius 1 is 1.25 bits per heavy atom. The number of halogens is 3. The summed E-state index contributed by atoms with van der Waals surface area (Å²) >= 11 is 5.89. The Morgan fingerprint density at radius 3 is 2.75 bits per heavy atom. The Labute approximate surface area is 115 Å². The Bertz CT molecular complexity index is 834. The summed E-state index contributed by atoms with van der Waals surface area (Å²) in [6.45, 7) is 0. The Kier molecular flexibility index (Phi) is 2.90. The molecule has 0 saturated carbocycles. The van der Waals surface area contributed by atoms with E-state index >= 15 is 0 Å². The molecule has 8 heteroatoms. The first-order valence-corrected chi connectivity index (χ1v) is 5.80. The lowest BCUT2D eigenvalue weighted by atomic mass is 10.3. The van der Waals surface area contributed by atoms with E-state index in [2.05, 4.69) is 15.1 Å². The number of fused-ring (bicyclic) bond motifs is 1. The molecule has 0 atom stereocenters. The van der Waals surface area contributed by atoms with E-state index < -0.39 is 11.6 Å². The van der Waals surface area contributed by atoms with Gasteiger partial charge in [0.2, 0.25) is 0 Å². The molecule has 0 radical (unpaired) electrons. The first-order valence-electron chi connectivity index (χ1n) is 5.42. The number of hydrogen-bond acceptors (Lipinski definition) is 4. The molecule has 2 aromatic heterocycles. The van der Waals surface area contributed by atoms with Crippen LogP contribution in [0.15, 0.2) is 24.4 Å². The summed E-state index contributed by atoms with van der Waals surface area (Å²) in [6, 6.07) is 3.04. The van der Waals surface area contributed by atoms with Gasteiger partial charge in [0.15, 0.2) is 23.6 Å². The summed E-state index contributed by atoms with van der Waals surface area (Å²) in [5, 5.41) is 4.34. The molecule has 0 unspecified atom stereocenters. The summed E-state index contributed by atoms with van der Waals surface area (Å²) < 4.78 is 27.8. The van der Waals surface area contributed by atoms with Gasteiger partial charge >= 0.3 is 0 Å². The third-order valence-corrected chi connectivity index (χ3v) is 2.93. The van der Waals surface area contributed by atoms with Gasteiger partial charge in [-0.15, -0.1) is 0 Å². The molecule has 3 rings (SSSR count). The quantitative estimate of drug-likeness (QED) is 0.538. The van der Waals surface area contributed by atoms with Crippen molar-refractivity contribution in [2.75, 3.05) is 0 Å². The fourth-order valence-electron chi connectivity index (χ4n) is 1.77. The van der Waals surface area contributed by atoms with Crippen molar-refractivity contribution < 1.29 is 13.6 Å². The van der Waals surface area contributed by atoms with Crippen LogP contribution in [-0.2, 0) is 0 Å². The standard InChI is InChI=1S/C12H5ClF2N4O/c13-11-7-4-16-19(12(7)18-10(5-20)17-11)9-2-1-6(14)3-8(9)15/h1-5H. The van der Waals surface area contributed by atoms with Crippen LogP contribution in [0.4, 0.5) is 8.78 Å². The minimum Gasteiger partial charge on any atom is -0.294 e.